The molecule has 1 rings (SSSR count). The maximum absolute atomic E-state index is 12.4. The maximum Gasteiger partial charge on any atom is 0.320 e. The van der Waals surface area contributed by atoms with Crippen molar-refractivity contribution in [3.63, 3.8) is 0 Å². The van der Waals surface area contributed by atoms with Gasteiger partial charge in [0.1, 0.15) is 17.2 Å². The lowest BCUT2D eigenvalue weighted by atomic mass is 10.2. The van der Waals surface area contributed by atoms with E-state index < -0.39 is 11.6 Å². The Morgan fingerprint density at radius 3 is 1.25 bits per heavy atom. The fourth-order valence-corrected chi connectivity index (χ4v) is 3.59. The molecule has 1 aliphatic rings. The van der Waals surface area contributed by atoms with Gasteiger partial charge in [-0.15, -0.1) is 0 Å². The predicted octanol–water partition coefficient (Wildman–Crippen LogP) is -0.188. The first-order valence-electron chi connectivity index (χ1n) is 11.2. The maximum atomic E-state index is 12.4. The van der Waals surface area contributed by atoms with Gasteiger partial charge in [-0.1, -0.05) is 0 Å². The number of esters is 1. The van der Waals surface area contributed by atoms with Crippen LogP contribution in [0.4, 0.5) is 0 Å². The van der Waals surface area contributed by atoms with Crippen LogP contribution in [0.15, 0.2) is 0 Å². The molecule has 0 aromatic heterocycles. The molecule has 1 aliphatic heterocycles. The third-order valence-electron chi connectivity index (χ3n) is 4.95. The SMILES string of the molecule is CC(=O)CN1CCN(CC(C)=O)CCN(CC(=O)OC(C)(C)C)CCN(CC(=O)O)CC1. The van der Waals surface area contributed by atoms with Gasteiger partial charge in [0.25, 0.3) is 0 Å². The van der Waals surface area contributed by atoms with Crippen LogP contribution in [-0.2, 0) is 23.9 Å². The first-order valence-corrected chi connectivity index (χ1v) is 11.2. The van der Waals surface area contributed by atoms with Crippen LogP contribution in [0.1, 0.15) is 34.6 Å². The number of hydrogen-bond donors (Lipinski definition) is 1. The van der Waals surface area contributed by atoms with Crippen molar-refractivity contribution >= 4 is 23.5 Å². The highest BCUT2D eigenvalue weighted by Crippen LogP contribution is 2.08. The molecule has 0 saturated carbocycles. The molecule has 1 fully saturated rings. The molecule has 1 saturated heterocycles. The number of hydrogen-bond acceptors (Lipinski definition) is 9. The van der Waals surface area contributed by atoms with Gasteiger partial charge in [-0.25, -0.2) is 0 Å². The third kappa shape index (κ3) is 13.5. The average molecular weight is 457 g/mol. The quantitative estimate of drug-likeness (QED) is 0.494. The summed E-state index contributed by atoms with van der Waals surface area (Å²) in [6.45, 7) is 13.4. The second kappa shape index (κ2) is 13.6. The van der Waals surface area contributed by atoms with Crippen LogP contribution < -0.4 is 0 Å². The second-order valence-corrected chi connectivity index (χ2v) is 9.49. The highest BCUT2D eigenvalue weighted by molar-refractivity contribution is 5.78. The lowest BCUT2D eigenvalue weighted by Gasteiger charge is -2.33. The summed E-state index contributed by atoms with van der Waals surface area (Å²) in [4.78, 5) is 55.0. The zero-order valence-corrected chi connectivity index (χ0v) is 20.3. The van der Waals surface area contributed by atoms with Crippen LogP contribution >= 0.6 is 0 Å². The highest BCUT2D eigenvalue weighted by Gasteiger charge is 2.22. The van der Waals surface area contributed by atoms with E-state index in [1.807, 2.05) is 40.4 Å². The van der Waals surface area contributed by atoms with Crippen molar-refractivity contribution in [3.05, 3.63) is 0 Å². The molecular formula is C22H40N4O6. The van der Waals surface area contributed by atoms with Crippen LogP contribution in [0, 0.1) is 0 Å². The summed E-state index contributed by atoms with van der Waals surface area (Å²) < 4.78 is 5.45. The Hall–Kier alpha value is -1.88. The number of ether oxygens (including phenoxy) is 1. The normalized spacial score (nSPS) is 19.0. The molecule has 0 aromatic carbocycles. The van der Waals surface area contributed by atoms with E-state index in [2.05, 4.69) is 0 Å². The molecule has 1 N–H and O–H groups in total. The topological polar surface area (TPSA) is 111 Å². The number of aliphatic carboxylic acids is 1. The molecule has 10 nitrogen and oxygen atoms in total. The molecule has 0 amide bonds. The van der Waals surface area contributed by atoms with E-state index in [0.717, 1.165) is 0 Å². The lowest BCUT2D eigenvalue weighted by Crippen LogP contribution is -2.49. The van der Waals surface area contributed by atoms with E-state index >= 15 is 0 Å². The molecule has 32 heavy (non-hydrogen) atoms. The van der Waals surface area contributed by atoms with E-state index in [1.54, 1.807) is 6.92 Å². The summed E-state index contributed by atoms with van der Waals surface area (Å²) in [7, 11) is 0. The summed E-state index contributed by atoms with van der Waals surface area (Å²) in [5.74, 6) is -1.15. The third-order valence-corrected chi connectivity index (χ3v) is 4.95. The number of carboxylic acids is 1. The highest BCUT2D eigenvalue weighted by atomic mass is 16.6. The minimum Gasteiger partial charge on any atom is -0.480 e. The van der Waals surface area contributed by atoms with Crippen molar-refractivity contribution in [2.24, 2.45) is 0 Å². The molecule has 0 aliphatic carbocycles. The van der Waals surface area contributed by atoms with E-state index in [0.29, 0.717) is 65.4 Å². The smallest absolute Gasteiger partial charge is 0.320 e. The zero-order valence-electron chi connectivity index (χ0n) is 20.3. The number of ketones is 2. The minimum absolute atomic E-state index is 0.0449. The van der Waals surface area contributed by atoms with Crippen molar-refractivity contribution < 1.29 is 29.0 Å². The fourth-order valence-electron chi connectivity index (χ4n) is 3.59. The van der Waals surface area contributed by atoms with Gasteiger partial charge in [0.05, 0.1) is 26.2 Å². The Balaban J connectivity index is 2.96. The molecule has 0 radical (unpaired) electrons. The van der Waals surface area contributed by atoms with E-state index in [9.17, 15) is 24.3 Å². The largest absolute Gasteiger partial charge is 0.480 e. The number of rotatable bonds is 8. The molecule has 0 spiro atoms. The lowest BCUT2D eigenvalue weighted by molar-refractivity contribution is -0.156. The summed E-state index contributed by atoms with van der Waals surface area (Å²) >= 11 is 0. The van der Waals surface area contributed by atoms with Gasteiger partial charge in [0.2, 0.25) is 0 Å². The molecule has 184 valence electrons. The van der Waals surface area contributed by atoms with Crippen LogP contribution in [0.5, 0.6) is 0 Å². The van der Waals surface area contributed by atoms with Crippen LogP contribution in [0.2, 0.25) is 0 Å². The predicted molar refractivity (Wildman–Crippen MR) is 121 cm³/mol. The first-order chi connectivity index (χ1) is 14.8. The number of carbonyl (C=O) groups excluding carboxylic acids is 3. The van der Waals surface area contributed by atoms with Gasteiger partial charge >= 0.3 is 11.9 Å². The Labute approximate surface area is 191 Å². The van der Waals surface area contributed by atoms with Gasteiger partial charge in [-0.2, -0.15) is 0 Å². The zero-order chi connectivity index (χ0) is 24.3. The summed E-state index contributed by atoms with van der Waals surface area (Å²) in [5.41, 5.74) is -0.584. The second-order valence-electron chi connectivity index (χ2n) is 9.49. The Bertz CT molecular complexity index is 617. The molecule has 0 atom stereocenters. The van der Waals surface area contributed by atoms with E-state index in [4.69, 9.17) is 4.74 Å². The Morgan fingerprint density at radius 2 is 0.969 bits per heavy atom. The molecule has 0 unspecified atom stereocenters. The van der Waals surface area contributed by atoms with Crippen molar-refractivity contribution in [2.45, 2.75) is 40.2 Å². The first kappa shape index (κ1) is 28.2. The van der Waals surface area contributed by atoms with Gasteiger partial charge in [-0.05, 0) is 34.6 Å². The molecular weight excluding hydrogens is 416 g/mol. The molecule has 10 heteroatoms. The number of nitrogens with zero attached hydrogens (tertiary/aromatic N) is 4. The number of Topliss-reactive ketones (excluding diaryl/α,β-unsaturated/α-hetero) is 2. The van der Waals surface area contributed by atoms with E-state index in [-0.39, 0.29) is 30.6 Å². The van der Waals surface area contributed by atoms with Crippen molar-refractivity contribution in [1.29, 1.82) is 0 Å². The summed E-state index contributed by atoms with van der Waals surface area (Å²) in [5, 5.41) is 9.29. The molecule has 0 bridgehead atoms. The minimum atomic E-state index is -0.915. The van der Waals surface area contributed by atoms with E-state index in [1.165, 1.54) is 6.92 Å². The fraction of sp³-hybridized carbons (Fsp3) is 0.818. The summed E-state index contributed by atoms with van der Waals surface area (Å²) in [6.07, 6.45) is 0. The van der Waals surface area contributed by atoms with Crippen molar-refractivity contribution in [2.75, 3.05) is 78.5 Å². The summed E-state index contributed by atoms with van der Waals surface area (Å²) in [6, 6.07) is 0. The van der Waals surface area contributed by atoms with Gasteiger partial charge in [0.15, 0.2) is 0 Å². The standard InChI is InChI=1S/C22H40N4O6/c1-18(27)14-23-6-7-24(15-19(2)28)9-12-26(17-21(31)32-22(3,4)5)13-11-25(10-8-23)16-20(29)30/h6-17H2,1-5H3,(H,29,30). The van der Waals surface area contributed by atoms with Crippen LogP contribution in [0.3, 0.4) is 0 Å². The van der Waals surface area contributed by atoms with Crippen LogP contribution in [-0.4, -0.2) is 132 Å². The monoisotopic (exact) mass is 456 g/mol. The number of carboxylic acid groups (broad SMARTS) is 1. The van der Waals surface area contributed by atoms with Gasteiger partial charge < -0.3 is 9.84 Å². The molecule has 1 heterocycles. The number of carbonyl (C=O) groups is 4. The Morgan fingerprint density at radius 1 is 0.656 bits per heavy atom. The van der Waals surface area contributed by atoms with Gasteiger partial charge in [0, 0.05) is 52.4 Å². The average Bonchev–Trinajstić information content (AvgIpc) is 2.61. The Kier molecular flexibility index (Phi) is 12.0. The molecule has 0 aromatic rings. The van der Waals surface area contributed by atoms with Gasteiger partial charge in [-0.3, -0.25) is 38.8 Å². The van der Waals surface area contributed by atoms with Crippen molar-refractivity contribution in [1.82, 2.24) is 19.6 Å². The van der Waals surface area contributed by atoms with Crippen LogP contribution in [0.25, 0.3) is 0 Å². The van der Waals surface area contributed by atoms with Crippen molar-refractivity contribution in [3.8, 4) is 0 Å².